The van der Waals surface area contributed by atoms with E-state index in [0.29, 0.717) is 30.3 Å². The first-order chi connectivity index (χ1) is 12.3. The fourth-order valence-corrected chi connectivity index (χ4v) is 2.82. The molecule has 6 heteroatoms. The summed E-state index contributed by atoms with van der Waals surface area (Å²) in [5.41, 5.74) is 1.57. The van der Waals surface area contributed by atoms with Crippen molar-refractivity contribution in [2.75, 3.05) is 43.6 Å². The number of aromatic nitrogens is 1. The first-order valence-corrected chi connectivity index (χ1v) is 8.51. The molecule has 0 bridgehead atoms. The van der Waals surface area contributed by atoms with Crippen LogP contribution in [0.1, 0.15) is 23.2 Å². The van der Waals surface area contributed by atoms with Crippen LogP contribution >= 0.6 is 0 Å². The van der Waals surface area contributed by atoms with Gasteiger partial charge in [0.1, 0.15) is 18.2 Å². The summed E-state index contributed by atoms with van der Waals surface area (Å²) in [4.78, 5) is 19.2. The molecule has 0 spiro atoms. The molecule has 1 aliphatic rings. The third kappa shape index (κ3) is 4.48. The highest BCUT2D eigenvalue weighted by molar-refractivity contribution is 6.05. The third-order valence-corrected chi connectivity index (χ3v) is 4.14. The summed E-state index contributed by atoms with van der Waals surface area (Å²) < 4.78 is 10.6. The predicted octanol–water partition coefficient (Wildman–Crippen LogP) is 2.96. The molecule has 0 unspecified atom stereocenters. The number of anilines is 2. The van der Waals surface area contributed by atoms with Gasteiger partial charge in [-0.05, 0) is 37.1 Å². The zero-order valence-electron chi connectivity index (χ0n) is 14.4. The van der Waals surface area contributed by atoms with E-state index in [0.717, 1.165) is 18.8 Å². The number of carbonyl (C=O) groups is 1. The van der Waals surface area contributed by atoms with Gasteiger partial charge in [0.25, 0.3) is 5.91 Å². The SMILES string of the molecule is COCCOc1ccccc1C(=O)Nc1ccc(N2CCCC2)cn1. The summed E-state index contributed by atoms with van der Waals surface area (Å²) in [5.74, 6) is 0.819. The monoisotopic (exact) mass is 341 g/mol. The van der Waals surface area contributed by atoms with Gasteiger partial charge >= 0.3 is 0 Å². The van der Waals surface area contributed by atoms with E-state index in [1.54, 1.807) is 19.2 Å². The number of rotatable bonds is 7. The van der Waals surface area contributed by atoms with E-state index in [-0.39, 0.29) is 5.91 Å². The van der Waals surface area contributed by atoms with Crippen molar-refractivity contribution in [3.05, 3.63) is 48.2 Å². The molecule has 1 aliphatic heterocycles. The van der Waals surface area contributed by atoms with Gasteiger partial charge in [0.05, 0.1) is 24.1 Å². The average Bonchev–Trinajstić information content (AvgIpc) is 3.18. The van der Waals surface area contributed by atoms with Crippen LogP contribution in [0.2, 0.25) is 0 Å². The van der Waals surface area contributed by atoms with Gasteiger partial charge in [0.15, 0.2) is 0 Å². The lowest BCUT2D eigenvalue weighted by Crippen LogP contribution is -2.18. The number of ether oxygens (including phenoxy) is 2. The van der Waals surface area contributed by atoms with Crippen molar-refractivity contribution in [1.82, 2.24) is 4.98 Å². The quantitative estimate of drug-likeness (QED) is 0.785. The van der Waals surface area contributed by atoms with Crippen LogP contribution < -0.4 is 15.0 Å². The van der Waals surface area contributed by atoms with Crippen molar-refractivity contribution in [2.24, 2.45) is 0 Å². The van der Waals surface area contributed by atoms with E-state index in [4.69, 9.17) is 9.47 Å². The van der Waals surface area contributed by atoms with Crippen LogP contribution in [0.15, 0.2) is 42.6 Å². The molecule has 3 rings (SSSR count). The number of pyridine rings is 1. The molecule has 132 valence electrons. The molecule has 0 aliphatic carbocycles. The van der Waals surface area contributed by atoms with E-state index in [1.807, 2.05) is 30.5 Å². The summed E-state index contributed by atoms with van der Waals surface area (Å²) in [6.45, 7) is 3.00. The van der Waals surface area contributed by atoms with E-state index in [1.165, 1.54) is 12.8 Å². The molecule has 0 saturated carbocycles. The fourth-order valence-electron chi connectivity index (χ4n) is 2.82. The molecule has 1 saturated heterocycles. The van der Waals surface area contributed by atoms with Gasteiger partial charge < -0.3 is 19.7 Å². The number of hydrogen-bond donors (Lipinski definition) is 1. The average molecular weight is 341 g/mol. The van der Waals surface area contributed by atoms with Crippen molar-refractivity contribution in [1.29, 1.82) is 0 Å². The number of amides is 1. The normalized spacial score (nSPS) is 13.7. The van der Waals surface area contributed by atoms with Crippen molar-refractivity contribution in [3.63, 3.8) is 0 Å². The van der Waals surface area contributed by atoms with Crippen LogP contribution in [0, 0.1) is 0 Å². The molecule has 2 heterocycles. The molecule has 0 atom stereocenters. The van der Waals surface area contributed by atoms with Gasteiger partial charge in [-0.2, -0.15) is 0 Å². The number of nitrogens with one attached hydrogen (secondary N) is 1. The first kappa shape index (κ1) is 17.2. The lowest BCUT2D eigenvalue weighted by atomic mass is 10.2. The molecule has 1 amide bonds. The van der Waals surface area contributed by atoms with Crippen LogP contribution in [-0.4, -0.2) is 44.3 Å². The van der Waals surface area contributed by atoms with Crippen LogP contribution in [-0.2, 0) is 4.74 Å². The molecule has 1 N–H and O–H groups in total. The van der Waals surface area contributed by atoms with Gasteiger partial charge in [-0.1, -0.05) is 12.1 Å². The second-order valence-corrected chi connectivity index (χ2v) is 5.89. The Bertz CT molecular complexity index is 697. The Morgan fingerprint density at radius 1 is 1.16 bits per heavy atom. The number of carbonyl (C=O) groups excluding carboxylic acids is 1. The summed E-state index contributed by atoms with van der Waals surface area (Å²) in [6, 6.07) is 11.0. The lowest BCUT2D eigenvalue weighted by molar-refractivity contribution is 0.101. The number of nitrogens with zero attached hydrogens (tertiary/aromatic N) is 2. The largest absolute Gasteiger partial charge is 0.490 e. The zero-order valence-corrected chi connectivity index (χ0v) is 14.4. The molecule has 2 aromatic rings. The minimum Gasteiger partial charge on any atom is -0.490 e. The van der Waals surface area contributed by atoms with E-state index in [2.05, 4.69) is 15.2 Å². The van der Waals surface area contributed by atoms with Crippen molar-refractivity contribution >= 4 is 17.4 Å². The molecule has 1 aromatic carbocycles. The molecule has 6 nitrogen and oxygen atoms in total. The molecular formula is C19H23N3O3. The number of benzene rings is 1. The summed E-state index contributed by atoms with van der Waals surface area (Å²) >= 11 is 0. The second kappa shape index (κ2) is 8.48. The number of para-hydroxylation sites is 1. The van der Waals surface area contributed by atoms with E-state index >= 15 is 0 Å². The topological polar surface area (TPSA) is 63.7 Å². The van der Waals surface area contributed by atoms with Crippen LogP contribution in [0.3, 0.4) is 0 Å². The first-order valence-electron chi connectivity index (χ1n) is 8.51. The number of methoxy groups -OCH3 is 1. The Balaban J connectivity index is 1.65. The standard InChI is InChI=1S/C19H23N3O3/c1-24-12-13-25-17-7-3-2-6-16(17)19(23)21-18-9-8-15(14-20-18)22-10-4-5-11-22/h2-3,6-9,14H,4-5,10-13H2,1H3,(H,20,21,23). The van der Waals surface area contributed by atoms with E-state index < -0.39 is 0 Å². The maximum atomic E-state index is 12.5. The molecule has 1 fully saturated rings. The van der Waals surface area contributed by atoms with Gasteiger partial charge in [0.2, 0.25) is 0 Å². The zero-order chi connectivity index (χ0) is 17.5. The Hall–Kier alpha value is -2.60. The number of hydrogen-bond acceptors (Lipinski definition) is 5. The van der Waals surface area contributed by atoms with Crippen LogP contribution in [0.5, 0.6) is 5.75 Å². The minimum absolute atomic E-state index is 0.241. The maximum Gasteiger partial charge on any atom is 0.260 e. The Morgan fingerprint density at radius 3 is 2.68 bits per heavy atom. The van der Waals surface area contributed by atoms with Gasteiger partial charge in [-0.3, -0.25) is 4.79 Å². The van der Waals surface area contributed by atoms with Gasteiger partial charge in [0, 0.05) is 20.2 Å². The third-order valence-electron chi connectivity index (χ3n) is 4.14. The summed E-state index contributed by atoms with van der Waals surface area (Å²) in [7, 11) is 1.61. The Morgan fingerprint density at radius 2 is 1.96 bits per heavy atom. The minimum atomic E-state index is -0.241. The Kier molecular flexibility index (Phi) is 5.85. The Labute approximate surface area is 147 Å². The smallest absolute Gasteiger partial charge is 0.260 e. The second-order valence-electron chi connectivity index (χ2n) is 5.89. The highest BCUT2D eigenvalue weighted by atomic mass is 16.5. The van der Waals surface area contributed by atoms with Crippen molar-refractivity contribution < 1.29 is 14.3 Å². The summed E-state index contributed by atoms with van der Waals surface area (Å²) in [5, 5.41) is 2.83. The van der Waals surface area contributed by atoms with Crippen molar-refractivity contribution in [3.8, 4) is 5.75 Å². The lowest BCUT2D eigenvalue weighted by Gasteiger charge is -2.17. The van der Waals surface area contributed by atoms with E-state index in [9.17, 15) is 4.79 Å². The molecule has 1 aromatic heterocycles. The van der Waals surface area contributed by atoms with Crippen LogP contribution in [0.25, 0.3) is 0 Å². The van der Waals surface area contributed by atoms with Crippen molar-refractivity contribution in [2.45, 2.75) is 12.8 Å². The summed E-state index contributed by atoms with van der Waals surface area (Å²) in [6.07, 6.45) is 4.25. The molecule has 25 heavy (non-hydrogen) atoms. The highest BCUT2D eigenvalue weighted by Gasteiger charge is 2.15. The predicted molar refractivity (Wildman–Crippen MR) is 97.5 cm³/mol. The maximum absolute atomic E-state index is 12.5. The van der Waals surface area contributed by atoms with Gasteiger partial charge in [-0.25, -0.2) is 4.98 Å². The highest BCUT2D eigenvalue weighted by Crippen LogP contribution is 2.22. The van der Waals surface area contributed by atoms with Crippen LogP contribution in [0.4, 0.5) is 11.5 Å². The fraction of sp³-hybridized carbons (Fsp3) is 0.368. The molecular weight excluding hydrogens is 318 g/mol. The molecule has 0 radical (unpaired) electrons. The van der Waals surface area contributed by atoms with Gasteiger partial charge in [-0.15, -0.1) is 0 Å².